The Morgan fingerprint density at radius 1 is 1.78 bits per heavy atom. The predicted octanol–water partition coefficient (Wildman–Crippen LogP) is 0.513. The molecule has 0 radical (unpaired) electrons. The summed E-state index contributed by atoms with van der Waals surface area (Å²) in [6, 6.07) is 0. The van der Waals surface area contributed by atoms with Crippen LogP contribution in [0.15, 0.2) is 4.99 Å². The van der Waals surface area contributed by atoms with E-state index in [0.717, 1.165) is 0 Å². The molecule has 52 valence electrons. The van der Waals surface area contributed by atoms with Gasteiger partial charge in [-0.1, -0.05) is 0 Å². The zero-order chi connectivity index (χ0) is 7.28. The third kappa shape index (κ3) is 2.85. The Labute approximate surface area is 55.4 Å². The zero-order valence-electron chi connectivity index (χ0n) is 6.09. The minimum atomic E-state index is 0.0306. The van der Waals surface area contributed by atoms with Crippen molar-refractivity contribution in [3.05, 3.63) is 0 Å². The lowest BCUT2D eigenvalue weighted by molar-refractivity contribution is -0.124. The highest BCUT2D eigenvalue weighted by atomic mass is 16.2. The van der Waals surface area contributed by atoms with Crippen LogP contribution in [0.5, 0.6) is 0 Å². The van der Waals surface area contributed by atoms with E-state index in [1.165, 1.54) is 13.3 Å². The van der Waals surface area contributed by atoms with Crippen LogP contribution in [-0.4, -0.2) is 30.7 Å². The molecule has 0 heterocycles. The molecule has 0 saturated heterocycles. The van der Waals surface area contributed by atoms with Crippen molar-refractivity contribution in [3.63, 3.8) is 0 Å². The molecule has 9 heavy (non-hydrogen) atoms. The second-order valence-electron chi connectivity index (χ2n) is 1.68. The van der Waals surface area contributed by atoms with E-state index >= 15 is 0 Å². The van der Waals surface area contributed by atoms with E-state index in [4.69, 9.17) is 0 Å². The highest BCUT2D eigenvalue weighted by Gasteiger charge is 1.98. The summed E-state index contributed by atoms with van der Waals surface area (Å²) in [4.78, 5) is 15.8. The summed E-state index contributed by atoms with van der Waals surface area (Å²) in [5.74, 6) is 0.0306. The molecule has 3 heteroatoms. The van der Waals surface area contributed by atoms with Gasteiger partial charge >= 0.3 is 0 Å². The van der Waals surface area contributed by atoms with Crippen molar-refractivity contribution >= 4 is 12.2 Å². The maximum absolute atomic E-state index is 10.6. The average Bonchev–Trinajstić information content (AvgIpc) is 1.82. The van der Waals surface area contributed by atoms with Gasteiger partial charge in [0.2, 0.25) is 5.91 Å². The summed E-state index contributed by atoms with van der Waals surface area (Å²) in [5, 5.41) is 0. The van der Waals surface area contributed by atoms with Crippen molar-refractivity contribution in [3.8, 4) is 0 Å². The fraction of sp³-hybridized carbons (Fsp3) is 0.667. The first-order valence-electron chi connectivity index (χ1n) is 2.91. The molecular formula is C6H12N2O. The smallest absolute Gasteiger partial charge is 0.224 e. The Kier molecular flexibility index (Phi) is 3.67. The summed E-state index contributed by atoms with van der Waals surface area (Å²) in [5.41, 5.74) is 0. The molecular weight excluding hydrogens is 116 g/mol. The largest absolute Gasteiger partial charge is 0.304 e. The maximum atomic E-state index is 10.6. The number of rotatable bonds is 2. The fourth-order valence-electron chi connectivity index (χ4n) is 0.525. The first-order chi connectivity index (χ1) is 4.22. The third-order valence-corrected chi connectivity index (χ3v) is 1.00. The molecule has 1 amide bonds. The first kappa shape index (κ1) is 8.14. The van der Waals surface area contributed by atoms with Crippen LogP contribution in [-0.2, 0) is 4.79 Å². The maximum Gasteiger partial charge on any atom is 0.224 e. The molecule has 0 aliphatic rings. The Bertz CT molecular complexity index is 120. The summed E-state index contributed by atoms with van der Waals surface area (Å²) < 4.78 is 0. The van der Waals surface area contributed by atoms with E-state index in [0.29, 0.717) is 6.54 Å². The predicted molar refractivity (Wildman–Crippen MR) is 37.5 cm³/mol. The molecule has 0 bridgehead atoms. The van der Waals surface area contributed by atoms with Crippen molar-refractivity contribution < 1.29 is 4.79 Å². The topological polar surface area (TPSA) is 32.7 Å². The minimum Gasteiger partial charge on any atom is -0.304 e. The van der Waals surface area contributed by atoms with Gasteiger partial charge in [0.1, 0.15) is 0 Å². The summed E-state index contributed by atoms with van der Waals surface area (Å²) in [6.07, 6.45) is 1.53. The summed E-state index contributed by atoms with van der Waals surface area (Å²) in [7, 11) is 1.64. The molecule has 0 spiro atoms. The van der Waals surface area contributed by atoms with Crippen molar-refractivity contribution in [2.45, 2.75) is 13.8 Å². The van der Waals surface area contributed by atoms with Gasteiger partial charge in [0.15, 0.2) is 0 Å². The lowest BCUT2D eigenvalue weighted by Gasteiger charge is -2.10. The Morgan fingerprint density at radius 2 is 2.33 bits per heavy atom. The highest BCUT2D eigenvalue weighted by Crippen LogP contribution is 1.81. The monoisotopic (exact) mass is 128 g/mol. The molecule has 0 saturated carbocycles. The lowest BCUT2D eigenvalue weighted by atomic mass is 10.5. The first-order valence-corrected chi connectivity index (χ1v) is 2.91. The molecule has 0 aromatic heterocycles. The fourth-order valence-corrected chi connectivity index (χ4v) is 0.525. The van der Waals surface area contributed by atoms with Crippen LogP contribution in [0, 0.1) is 0 Å². The normalized spacial score (nSPS) is 10.1. The van der Waals surface area contributed by atoms with Gasteiger partial charge in [-0.15, -0.1) is 0 Å². The number of nitrogens with zero attached hydrogens (tertiary/aromatic N) is 2. The van der Waals surface area contributed by atoms with Crippen LogP contribution in [0.4, 0.5) is 0 Å². The van der Waals surface area contributed by atoms with Crippen LogP contribution in [0.25, 0.3) is 0 Å². The minimum absolute atomic E-state index is 0.0306. The molecule has 0 aromatic rings. The molecule has 0 aliphatic carbocycles. The molecule has 0 rings (SSSR count). The standard InChI is InChI=1S/C6H12N2O/c1-4-8(5-7-3)6(2)9/h5H,4H2,1-3H3. The van der Waals surface area contributed by atoms with Crippen LogP contribution in [0.2, 0.25) is 0 Å². The lowest BCUT2D eigenvalue weighted by Crippen LogP contribution is -2.26. The molecule has 0 atom stereocenters. The average molecular weight is 128 g/mol. The number of carbonyl (C=O) groups is 1. The van der Waals surface area contributed by atoms with Gasteiger partial charge in [-0.3, -0.25) is 9.79 Å². The van der Waals surface area contributed by atoms with E-state index in [9.17, 15) is 4.79 Å². The van der Waals surface area contributed by atoms with Gasteiger partial charge in [0.25, 0.3) is 0 Å². The molecule has 0 unspecified atom stereocenters. The number of carbonyl (C=O) groups excluding carboxylic acids is 1. The third-order valence-electron chi connectivity index (χ3n) is 1.00. The molecule has 0 N–H and O–H groups in total. The SMILES string of the molecule is CCN(C=NC)C(C)=O. The van der Waals surface area contributed by atoms with Crippen molar-refractivity contribution in [1.29, 1.82) is 0 Å². The van der Waals surface area contributed by atoms with Gasteiger partial charge in [-0.25, -0.2) is 0 Å². The Morgan fingerprint density at radius 3 is 2.44 bits per heavy atom. The van der Waals surface area contributed by atoms with Gasteiger partial charge in [-0.05, 0) is 6.92 Å². The van der Waals surface area contributed by atoms with Crippen molar-refractivity contribution in [2.24, 2.45) is 4.99 Å². The van der Waals surface area contributed by atoms with Gasteiger partial charge in [0.05, 0.1) is 6.34 Å². The molecule has 3 nitrogen and oxygen atoms in total. The van der Waals surface area contributed by atoms with Crippen LogP contribution < -0.4 is 0 Å². The second kappa shape index (κ2) is 4.06. The molecule has 0 fully saturated rings. The van der Waals surface area contributed by atoms with Crippen molar-refractivity contribution in [1.82, 2.24) is 4.90 Å². The molecule has 0 aliphatic heterocycles. The van der Waals surface area contributed by atoms with E-state index in [-0.39, 0.29) is 5.91 Å². The second-order valence-corrected chi connectivity index (χ2v) is 1.68. The van der Waals surface area contributed by atoms with E-state index in [2.05, 4.69) is 4.99 Å². The van der Waals surface area contributed by atoms with Crippen molar-refractivity contribution in [2.75, 3.05) is 13.6 Å². The Hall–Kier alpha value is -0.860. The zero-order valence-corrected chi connectivity index (χ0v) is 6.09. The highest BCUT2D eigenvalue weighted by molar-refractivity contribution is 5.85. The van der Waals surface area contributed by atoms with E-state index in [1.54, 1.807) is 11.9 Å². The summed E-state index contributed by atoms with van der Waals surface area (Å²) >= 11 is 0. The number of hydrogen-bond acceptors (Lipinski definition) is 2. The van der Waals surface area contributed by atoms with Crippen LogP contribution in [0.3, 0.4) is 0 Å². The summed E-state index contributed by atoms with van der Waals surface area (Å²) in [6.45, 7) is 4.11. The van der Waals surface area contributed by atoms with E-state index in [1.807, 2.05) is 6.92 Å². The number of aliphatic imine (C=N–C) groups is 1. The quantitative estimate of drug-likeness (QED) is 0.394. The number of hydrogen-bond donors (Lipinski definition) is 0. The van der Waals surface area contributed by atoms with Crippen LogP contribution in [0.1, 0.15) is 13.8 Å². The Balaban J connectivity index is 3.83. The number of amides is 1. The van der Waals surface area contributed by atoms with Gasteiger partial charge in [0, 0.05) is 20.5 Å². The van der Waals surface area contributed by atoms with Crippen LogP contribution >= 0.6 is 0 Å². The molecule has 0 aromatic carbocycles. The van der Waals surface area contributed by atoms with E-state index < -0.39 is 0 Å². The van der Waals surface area contributed by atoms with Gasteiger partial charge < -0.3 is 4.90 Å². The van der Waals surface area contributed by atoms with Gasteiger partial charge in [-0.2, -0.15) is 0 Å².